The van der Waals surface area contributed by atoms with E-state index in [4.69, 9.17) is 5.41 Å². The summed E-state index contributed by atoms with van der Waals surface area (Å²) in [7, 11) is 0. The number of rotatable bonds is 3. The summed E-state index contributed by atoms with van der Waals surface area (Å²) < 4.78 is 0. The van der Waals surface area contributed by atoms with Gasteiger partial charge in [0.25, 0.3) is 0 Å². The first kappa shape index (κ1) is 14.4. The van der Waals surface area contributed by atoms with Gasteiger partial charge in [-0.15, -0.1) is 0 Å². The van der Waals surface area contributed by atoms with E-state index in [-0.39, 0.29) is 0 Å². The molecule has 0 aliphatic heterocycles. The SMILES string of the molecule is N=C(c1cc2ccccc2cc1C1=CC=CC1)C1CCCCC1. The summed E-state index contributed by atoms with van der Waals surface area (Å²) in [6.45, 7) is 0. The summed E-state index contributed by atoms with van der Waals surface area (Å²) in [5, 5.41) is 11.4. The Morgan fingerprint density at radius 3 is 2.39 bits per heavy atom. The predicted octanol–water partition coefficient (Wildman–Crippen LogP) is 6.13. The largest absolute Gasteiger partial charge is 0.304 e. The van der Waals surface area contributed by atoms with Crippen molar-refractivity contribution in [2.75, 3.05) is 0 Å². The molecule has 0 spiro atoms. The highest BCUT2D eigenvalue weighted by atomic mass is 14.5. The fraction of sp³-hybridized carbons (Fsp3) is 0.318. The summed E-state index contributed by atoms with van der Waals surface area (Å²) in [6, 6.07) is 13.1. The van der Waals surface area contributed by atoms with Crippen LogP contribution in [-0.2, 0) is 0 Å². The molecule has 23 heavy (non-hydrogen) atoms. The smallest absolute Gasteiger partial charge is 0.0423 e. The molecular weight excluding hydrogens is 278 g/mol. The maximum atomic E-state index is 8.86. The van der Waals surface area contributed by atoms with Gasteiger partial charge in [0, 0.05) is 17.2 Å². The summed E-state index contributed by atoms with van der Waals surface area (Å²) in [4.78, 5) is 0. The molecular formula is C22H23N. The summed E-state index contributed by atoms with van der Waals surface area (Å²) in [6.07, 6.45) is 13.8. The molecule has 1 N–H and O–H groups in total. The van der Waals surface area contributed by atoms with Crippen LogP contribution in [0.2, 0.25) is 0 Å². The average Bonchev–Trinajstić information content (AvgIpc) is 3.15. The lowest BCUT2D eigenvalue weighted by molar-refractivity contribution is 0.438. The van der Waals surface area contributed by atoms with E-state index in [9.17, 15) is 0 Å². The van der Waals surface area contributed by atoms with E-state index in [1.54, 1.807) is 0 Å². The minimum atomic E-state index is 0.443. The molecule has 2 aromatic carbocycles. The third kappa shape index (κ3) is 2.76. The van der Waals surface area contributed by atoms with E-state index < -0.39 is 0 Å². The number of benzene rings is 2. The molecule has 116 valence electrons. The van der Waals surface area contributed by atoms with Crippen molar-refractivity contribution in [3.05, 3.63) is 65.8 Å². The third-order valence-electron chi connectivity index (χ3n) is 5.31. The molecule has 0 aromatic heterocycles. The highest BCUT2D eigenvalue weighted by Gasteiger charge is 2.22. The lowest BCUT2D eigenvalue weighted by atomic mass is 9.80. The van der Waals surface area contributed by atoms with Crippen LogP contribution in [-0.4, -0.2) is 5.71 Å². The zero-order chi connectivity index (χ0) is 15.6. The summed E-state index contributed by atoms with van der Waals surface area (Å²) >= 11 is 0. The normalized spacial score (nSPS) is 18.3. The lowest BCUT2D eigenvalue weighted by Gasteiger charge is -2.24. The highest BCUT2D eigenvalue weighted by molar-refractivity contribution is 6.07. The number of nitrogens with one attached hydrogen (secondary N) is 1. The van der Waals surface area contributed by atoms with Crippen LogP contribution in [0, 0.1) is 11.3 Å². The van der Waals surface area contributed by atoms with Crippen LogP contribution in [0.15, 0.2) is 54.6 Å². The monoisotopic (exact) mass is 301 g/mol. The molecule has 2 aliphatic rings. The molecule has 2 aliphatic carbocycles. The van der Waals surface area contributed by atoms with Gasteiger partial charge in [-0.3, -0.25) is 0 Å². The molecule has 2 aromatic rings. The molecule has 1 nitrogen and oxygen atoms in total. The minimum absolute atomic E-state index is 0.443. The molecule has 0 amide bonds. The van der Waals surface area contributed by atoms with Crippen molar-refractivity contribution >= 4 is 22.1 Å². The van der Waals surface area contributed by atoms with Crippen LogP contribution in [0.25, 0.3) is 16.3 Å². The van der Waals surface area contributed by atoms with Gasteiger partial charge in [-0.2, -0.15) is 0 Å². The van der Waals surface area contributed by atoms with Crippen LogP contribution >= 0.6 is 0 Å². The molecule has 0 unspecified atom stereocenters. The van der Waals surface area contributed by atoms with Gasteiger partial charge in [0.05, 0.1) is 0 Å². The van der Waals surface area contributed by atoms with E-state index in [0.29, 0.717) is 5.92 Å². The summed E-state index contributed by atoms with van der Waals surface area (Å²) in [5.74, 6) is 0.443. The number of hydrogen-bond donors (Lipinski definition) is 1. The van der Waals surface area contributed by atoms with E-state index in [1.807, 2.05) is 0 Å². The van der Waals surface area contributed by atoms with Crippen molar-refractivity contribution in [1.82, 2.24) is 0 Å². The standard InChI is InChI=1S/C22H23N/c23-22(17-10-2-1-3-11-17)21-15-19-13-7-6-12-18(19)14-20(21)16-8-4-5-9-16/h4-8,12-15,17,23H,1-3,9-11H2. The number of hydrogen-bond acceptors (Lipinski definition) is 1. The van der Waals surface area contributed by atoms with E-state index in [1.165, 1.54) is 54.0 Å². The molecule has 0 bridgehead atoms. The van der Waals surface area contributed by atoms with Crippen LogP contribution in [0.4, 0.5) is 0 Å². The third-order valence-corrected chi connectivity index (χ3v) is 5.31. The Balaban J connectivity index is 1.82. The average molecular weight is 301 g/mol. The van der Waals surface area contributed by atoms with Crippen molar-refractivity contribution in [3.8, 4) is 0 Å². The van der Waals surface area contributed by atoms with Gasteiger partial charge in [-0.25, -0.2) is 0 Å². The molecule has 0 saturated heterocycles. The van der Waals surface area contributed by atoms with Gasteiger partial charge >= 0.3 is 0 Å². The Kier molecular flexibility index (Phi) is 3.87. The van der Waals surface area contributed by atoms with Crippen molar-refractivity contribution < 1.29 is 0 Å². The van der Waals surface area contributed by atoms with E-state index in [0.717, 1.165) is 17.7 Å². The van der Waals surface area contributed by atoms with Crippen LogP contribution < -0.4 is 0 Å². The molecule has 1 fully saturated rings. The van der Waals surface area contributed by atoms with Gasteiger partial charge in [0.15, 0.2) is 0 Å². The fourth-order valence-corrected chi connectivity index (χ4v) is 3.99. The molecule has 1 saturated carbocycles. The minimum Gasteiger partial charge on any atom is -0.304 e. The second-order valence-electron chi connectivity index (χ2n) is 6.82. The van der Waals surface area contributed by atoms with Crippen LogP contribution in [0.3, 0.4) is 0 Å². The molecule has 4 rings (SSSR count). The fourth-order valence-electron chi connectivity index (χ4n) is 3.99. The maximum Gasteiger partial charge on any atom is 0.0423 e. The second-order valence-corrected chi connectivity index (χ2v) is 6.82. The number of allylic oxidation sites excluding steroid dienone is 4. The molecule has 0 radical (unpaired) electrons. The van der Waals surface area contributed by atoms with Crippen molar-refractivity contribution in [1.29, 1.82) is 5.41 Å². The Morgan fingerprint density at radius 2 is 1.70 bits per heavy atom. The van der Waals surface area contributed by atoms with Gasteiger partial charge in [0.2, 0.25) is 0 Å². The quantitative estimate of drug-likeness (QED) is 0.659. The van der Waals surface area contributed by atoms with Crippen LogP contribution in [0.1, 0.15) is 49.7 Å². The van der Waals surface area contributed by atoms with Gasteiger partial charge in [0.1, 0.15) is 0 Å². The Bertz CT molecular complexity index is 804. The first-order chi connectivity index (χ1) is 11.3. The van der Waals surface area contributed by atoms with E-state index in [2.05, 4.69) is 54.6 Å². The van der Waals surface area contributed by atoms with E-state index >= 15 is 0 Å². The van der Waals surface area contributed by atoms with Gasteiger partial charge < -0.3 is 5.41 Å². The van der Waals surface area contributed by atoms with Crippen molar-refractivity contribution in [2.24, 2.45) is 5.92 Å². The van der Waals surface area contributed by atoms with Crippen molar-refractivity contribution in [3.63, 3.8) is 0 Å². The molecule has 0 heterocycles. The predicted molar refractivity (Wildman–Crippen MR) is 99.1 cm³/mol. The topological polar surface area (TPSA) is 23.9 Å². The first-order valence-corrected chi connectivity index (χ1v) is 8.80. The second kappa shape index (κ2) is 6.16. The first-order valence-electron chi connectivity index (χ1n) is 8.80. The maximum absolute atomic E-state index is 8.86. The van der Waals surface area contributed by atoms with Gasteiger partial charge in [-0.1, -0.05) is 61.8 Å². The summed E-state index contributed by atoms with van der Waals surface area (Å²) in [5.41, 5.74) is 4.64. The van der Waals surface area contributed by atoms with Crippen molar-refractivity contribution in [2.45, 2.75) is 38.5 Å². The zero-order valence-corrected chi connectivity index (χ0v) is 13.5. The Hall–Kier alpha value is -2.15. The Morgan fingerprint density at radius 1 is 0.957 bits per heavy atom. The van der Waals surface area contributed by atoms with Gasteiger partial charge in [-0.05, 0) is 53.3 Å². The molecule has 0 atom stereocenters. The lowest BCUT2D eigenvalue weighted by Crippen LogP contribution is -2.19. The number of fused-ring (bicyclic) bond motifs is 1. The molecule has 1 heteroatoms. The zero-order valence-electron chi connectivity index (χ0n) is 13.5. The highest BCUT2D eigenvalue weighted by Crippen LogP contribution is 2.34. The van der Waals surface area contributed by atoms with Crippen LogP contribution in [0.5, 0.6) is 0 Å². The Labute approximate surface area is 138 Å².